The van der Waals surface area contributed by atoms with E-state index in [0.717, 1.165) is 11.1 Å². The Bertz CT molecular complexity index is 1430. The summed E-state index contributed by atoms with van der Waals surface area (Å²) in [5.74, 6) is 0.487. The molecule has 2 N–H and O–H groups in total. The fourth-order valence-electron chi connectivity index (χ4n) is 3.28. The maximum absolute atomic E-state index is 12.6. The van der Waals surface area contributed by atoms with Crippen molar-refractivity contribution in [2.45, 2.75) is 17.9 Å². The van der Waals surface area contributed by atoms with Crippen molar-refractivity contribution in [1.82, 2.24) is 9.97 Å². The molecule has 3 aromatic carbocycles. The summed E-state index contributed by atoms with van der Waals surface area (Å²) < 4.78 is 38.4. The van der Waals surface area contributed by atoms with Gasteiger partial charge in [-0.05, 0) is 54.4 Å². The van der Waals surface area contributed by atoms with Gasteiger partial charge in [-0.2, -0.15) is 0 Å². The number of ether oxygens (including phenoxy) is 2. The highest BCUT2D eigenvalue weighted by atomic mass is 32.2. The van der Waals surface area contributed by atoms with Gasteiger partial charge in [0.05, 0.1) is 12.0 Å². The summed E-state index contributed by atoms with van der Waals surface area (Å²) in [4.78, 5) is 20.3. The smallest absolute Gasteiger partial charge is 0.265 e. The Balaban J connectivity index is 1.35. The molecule has 0 aliphatic rings. The van der Waals surface area contributed by atoms with Crippen LogP contribution in [0.5, 0.6) is 11.6 Å². The Labute approximate surface area is 209 Å². The first-order chi connectivity index (χ1) is 17.3. The lowest BCUT2D eigenvalue weighted by Crippen LogP contribution is -2.30. The SMILES string of the molecule is COc1cc(NS(=O)(=O)c2ccc(NC(=O)C(C)Oc3ccc(-c4ccccc4)cc3)cc2)ncn1. The summed E-state index contributed by atoms with van der Waals surface area (Å²) in [7, 11) is -2.48. The lowest BCUT2D eigenvalue weighted by atomic mass is 10.1. The molecule has 0 saturated heterocycles. The van der Waals surface area contributed by atoms with E-state index in [4.69, 9.17) is 9.47 Å². The zero-order chi connectivity index (χ0) is 25.5. The second-order valence-electron chi connectivity index (χ2n) is 7.72. The highest BCUT2D eigenvalue weighted by Gasteiger charge is 2.18. The highest BCUT2D eigenvalue weighted by molar-refractivity contribution is 7.92. The van der Waals surface area contributed by atoms with Crippen LogP contribution in [-0.2, 0) is 14.8 Å². The van der Waals surface area contributed by atoms with Gasteiger partial charge in [0, 0.05) is 11.8 Å². The van der Waals surface area contributed by atoms with Crippen LogP contribution in [-0.4, -0.2) is 37.5 Å². The molecule has 0 bridgehead atoms. The van der Waals surface area contributed by atoms with Gasteiger partial charge in [0.2, 0.25) is 5.88 Å². The molecule has 4 rings (SSSR count). The first kappa shape index (κ1) is 24.7. The van der Waals surface area contributed by atoms with E-state index in [1.807, 2.05) is 54.6 Å². The number of carbonyl (C=O) groups is 1. The van der Waals surface area contributed by atoms with E-state index < -0.39 is 16.1 Å². The Morgan fingerprint density at radius 3 is 2.22 bits per heavy atom. The molecule has 9 nitrogen and oxygen atoms in total. The van der Waals surface area contributed by atoms with Crippen molar-refractivity contribution < 1.29 is 22.7 Å². The lowest BCUT2D eigenvalue weighted by Gasteiger charge is -2.15. The molecular weight excluding hydrogens is 480 g/mol. The zero-order valence-corrected chi connectivity index (χ0v) is 20.4. The average Bonchev–Trinajstić information content (AvgIpc) is 2.90. The molecule has 1 unspecified atom stereocenters. The van der Waals surface area contributed by atoms with Gasteiger partial charge in [-0.3, -0.25) is 9.52 Å². The summed E-state index contributed by atoms with van der Waals surface area (Å²) in [5, 5.41) is 2.73. The molecule has 0 radical (unpaired) electrons. The third-order valence-electron chi connectivity index (χ3n) is 5.17. The van der Waals surface area contributed by atoms with Crippen molar-refractivity contribution >= 4 is 27.4 Å². The van der Waals surface area contributed by atoms with Crippen LogP contribution in [0, 0.1) is 0 Å². The number of anilines is 2. The topological polar surface area (TPSA) is 120 Å². The number of amides is 1. The predicted octanol–water partition coefficient (Wildman–Crippen LogP) is 4.36. The fourth-order valence-corrected chi connectivity index (χ4v) is 4.28. The minimum absolute atomic E-state index is 0.000817. The van der Waals surface area contributed by atoms with Gasteiger partial charge in [-0.15, -0.1) is 0 Å². The van der Waals surface area contributed by atoms with Gasteiger partial charge in [0.15, 0.2) is 6.10 Å². The number of methoxy groups -OCH3 is 1. The molecule has 10 heteroatoms. The van der Waals surface area contributed by atoms with Crippen molar-refractivity contribution in [3.8, 4) is 22.8 Å². The maximum atomic E-state index is 12.6. The average molecular weight is 505 g/mol. The van der Waals surface area contributed by atoms with E-state index in [2.05, 4.69) is 20.0 Å². The van der Waals surface area contributed by atoms with Crippen molar-refractivity contribution in [2.24, 2.45) is 0 Å². The molecule has 0 fully saturated rings. The standard InChI is InChI=1S/C26H24N4O5S/c1-18(35-22-12-8-20(9-13-22)19-6-4-3-5-7-19)26(31)29-21-10-14-23(15-11-21)36(32,33)30-24-16-25(34-2)28-17-27-24/h3-18H,1-2H3,(H,29,31)(H,27,28,30). The number of carbonyl (C=O) groups excluding carboxylic acids is 1. The minimum Gasteiger partial charge on any atom is -0.481 e. The molecule has 1 atom stereocenters. The van der Waals surface area contributed by atoms with Gasteiger partial charge >= 0.3 is 0 Å². The number of hydrogen-bond donors (Lipinski definition) is 2. The molecule has 1 aromatic heterocycles. The number of hydrogen-bond acceptors (Lipinski definition) is 7. The first-order valence-corrected chi connectivity index (χ1v) is 12.4. The third kappa shape index (κ3) is 6.16. The van der Waals surface area contributed by atoms with Gasteiger partial charge in [0.25, 0.3) is 15.9 Å². The summed E-state index contributed by atoms with van der Waals surface area (Å²) >= 11 is 0. The molecular formula is C26H24N4O5S. The zero-order valence-electron chi connectivity index (χ0n) is 19.6. The Morgan fingerprint density at radius 2 is 1.56 bits per heavy atom. The van der Waals surface area contributed by atoms with Crippen molar-refractivity contribution in [3.63, 3.8) is 0 Å². The number of aromatic nitrogens is 2. The Kier molecular flexibility index (Phi) is 7.45. The number of nitrogens with one attached hydrogen (secondary N) is 2. The minimum atomic E-state index is -3.90. The molecule has 0 saturated carbocycles. The quantitative estimate of drug-likeness (QED) is 0.348. The predicted molar refractivity (Wildman–Crippen MR) is 136 cm³/mol. The van der Waals surface area contributed by atoms with Crippen LogP contribution in [0.3, 0.4) is 0 Å². The molecule has 1 amide bonds. The van der Waals surface area contributed by atoms with Crippen LogP contribution in [0.4, 0.5) is 11.5 Å². The van der Waals surface area contributed by atoms with Crippen LogP contribution in [0.15, 0.2) is 96.2 Å². The van der Waals surface area contributed by atoms with Gasteiger partial charge in [-0.25, -0.2) is 18.4 Å². The van der Waals surface area contributed by atoms with Crippen LogP contribution in [0.1, 0.15) is 6.92 Å². The molecule has 36 heavy (non-hydrogen) atoms. The monoisotopic (exact) mass is 504 g/mol. The molecule has 0 spiro atoms. The number of nitrogens with zero attached hydrogens (tertiary/aromatic N) is 2. The fraction of sp³-hybridized carbons (Fsp3) is 0.115. The lowest BCUT2D eigenvalue weighted by molar-refractivity contribution is -0.122. The first-order valence-electron chi connectivity index (χ1n) is 11.0. The number of sulfonamides is 1. The number of benzene rings is 3. The molecule has 0 aliphatic heterocycles. The van der Waals surface area contributed by atoms with Gasteiger partial charge in [-0.1, -0.05) is 42.5 Å². The Morgan fingerprint density at radius 1 is 0.889 bits per heavy atom. The normalized spacial score (nSPS) is 11.8. The highest BCUT2D eigenvalue weighted by Crippen LogP contribution is 2.23. The number of rotatable bonds is 9. The summed E-state index contributed by atoms with van der Waals surface area (Å²) in [6.45, 7) is 1.64. The molecule has 184 valence electrons. The largest absolute Gasteiger partial charge is 0.481 e. The summed E-state index contributed by atoms with van der Waals surface area (Å²) in [6.07, 6.45) is 0.418. The van der Waals surface area contributed by atoms with Crippen LogP contribution < -0.4 is 19.5 Å². The van der Waals surface area contributed by atoms with Crippen molar-refractivity contribution in [2.75, 3.05) is 17.1 Å². The maximum Gasteiger partial charge on any atom is 0.265 e. The van der Waals surface area contributed by atoms with Crippen molar-refractivity contribution in [1.29, 1.82) is 0 Å². The third-order valence-corrected chi connectivity index (χ3v) is 6.54. The molecule has 1 heterocycles. The van der Waals surface area contributed by atoms with E-state index in [9.17, 15) is 13.2 Å². The molecule has 4 aromatic rings. The van der Waals surface area contributed by atoms with Crippen LogP contribution in [0.25, 0.3) is 11.1 Å². The molecule has 0 aliphatic carbocycles. The van der Waals surface area contributed by atoms with E-state index in [1.54, 1.807) is 6.92 Å². The van der Waals surface area contributed by atoms with E-state index in [1.165, 1.54) is 43.8 Å². The van der Waals surface area contributed by atoms with Gasteiger partial charge in [0.1, 0.15) is 17.9 Å². The van der Waals surface area contributed by atoms with Crippen LogP contribution in [0.2, 0.25) is 0 Å². The summed E-state index contributed by atoms with van der Waals surface area (Å²) in [5.41, 5.74) is 2.56. The summed E-state index contributed by atoms with van der Waals surface area (Å²) in [6, 6.07) is 24.5. The second-order valence-corrected chi connectivity index (χ2v) is 9.40. The Hall–Kier alpha value is -4.44. The van der Waals surface area contributed by atoms with E-state index in [-0.39, 0.29) is 22.5 Å². The van der Waals surface area contributed by atoms with Gasteiger partial charge < -0.3 is 14.8 Å². The van der Waals surface area contributed by atoms with E-state index in [0.29, 0.717) is 11.4 Å². The van der Waals surface area contributed by atoms with E-state index >= 15 is 0 Å². The second kappa shape index (κ2) is 10.9. The van der Waals surface area contributed by atoms with Crippen LogP contribution >= 0.6 is 0 Å². The van der Waals surface area contributed by atoms with Crippen molar-refractivity contribution in [3.05, 3.63) is 91.3 Å².